The number of fused-ring (bicyclic) bond motifs is 6. The third-order valence-corrected chi connectivity index (χ3v) is 24.2. The summed E-state index contributed by atoms with van der Waals surface area (Å²) in [7, 11) is 6.18. The van der Waals surface area contributed by atoms with Crippen molar-refractivity contribution in [2.45, 2.75) is 263 Å². The Morgan fingerprint density at radius 3 is 1.16 bits per heavy atom. The Kier molecular flexibility index (Phi) is 24.3. The second kappa shape index (κ2) is 30.4. The Morgan fingerprint density at radius 1 is 0.430 bits per heavy atom. The average molecular weight is 1510 g/mol. The first kappa shape index (κ1) is 74.3. The van der Waals surface area contributed by atoms with Gasteiger partial charge in [-0.25, -0.2) is 47.6 Å². The van der Waals surface area contributed by atoms with Crippen molar-refractivity contribution in [3.63, 3.8) is 0 Å². The molecule has 0 amide bonds. The van der Waals surface area contributed by atoms with Gasteiger partial charge in [-0.3, -0.25) is 0 Å². The van der Waals surface area contributed by atoms with Crippen molar-refractivity contribution in [3.8, 4) is 0 Å². The lowest BCUT2D eigenvalue weighted by Gasteiger charge is -2.60. The maximum atomic E-state index is 6.48. The molecular formula is C69H112Br3N6O15-. The lowest BCUT2D eigenvalue weighted by atomic mass is 9.58. The van der Waals surface area contributed by atoms with Crippen molar-refractivity contribution in [1.82, 2.24) is 18.9 Å². The van der Waals surface area contributed by atoms with Gasteiger partial charge in [0.05, 0.1) is 40.5 Å². The summed E-state index contributed by atoms with van der Waals surface area (Å²) < 4.78 is 65.9. The van der Waals surface area contributed by atoms with Gasteiger partial charge in [-0.15, -0.1) is 0 Å². The summed E-state index contributed by atoms with van der Waals surface area (Å²) >= 11 is 0. The number of ether oxygens (including phenoxy) is 9. The molecule has 24 atom stereocenters. The number of unbranched alkanes of at least 4 members (excludes halogenated alkanes) is 3. The molecule has 0 unspecified atom stereocenters. The van der Waals surface area contributed by atoms with E-state index in [0.29, 0.717) is 66.5 Å². The Morgan fingerprint density at radius 2 is 0.796 bits per heavy atom. The molecule has 15 fully saturated rings. The summed E-state index contributed by atoms with van der Waals surface area (Å²) in [5.41, 5.74) is -1.51. The van der Waals surface area contributed by atoms with Gasteiger partial charge in [-0.1, -0.05) is 41.5 Å². The molecule has 0 aromatic carbocycles. The van der Waals surface area contributed by atoms with Crippen LogP contribution in [-0.4, -0.2) is 131 Å². The van der Waals surface area contributed by atoms with Gasteiger partial charge in [0.1, 0.15) is 24.8 Å². The molecule has 15 heterocycles. The lowest BCUT2D eigenvalue weighted by molar-refractivity contribution is -0.671. The summed E-state index contributed by atoms with van der Waals surface area (Å²) in [5, 5.41) is 0. The molecule has 13 aliphatic heterocycles. The molecule has 12 saturated heterocycles. The Labute approximate surface area is 585 Å². The number of hydrogen-bond acceptors (Lipinski definition) is 17. The normalized spacial score (nSPS) is 44.5. The van der Waals surface area contributed by atoms with Crippen LogP contribution < -0.4 is 60.1 Å². The van der Waals surface area contributed by atoms with E-state index in [1.807, 2.05) is 45.6 Å². The van der Waals surface area contributed by atoms with E-state index >= 15 is 0 Å². The monoisotopic (exact) mass is 1500 g/mol. The van der Waals surface area contributed by atoms with E-state index in [4.69, 9.17) is 72.0 Å². The smallest absolute Gasteiger partial charge is 0.243 e. The van der Waals surface area contributed by atoms with Crippen LogP contribution in [0.3, 0.4) is 0 Å². The van der Waals surface area contributed by atoms with Crippen molar-refractivity contribution in [1.29, 1.82) is 0 Å². The highest BCUT2D eigenvalue weighted by atomic mass is 79.9. The minimum Gasteiger partial charge on any atom is -1.00 e. The summed E-state index contributed by atoms with van der Waals surface area (Å²) in [6.07, 6.45) is 33.9. The Hall–Kier alpha value is -1.40. The fourth-order valence-electron chi connectivity index (χ4n) is 19.0. The first-order valence-corrected chi connectivity index (χ1v) is 35.3. The van der Waals surface area contributed by atoms with Crippen LogP contribution in [0.4, 0.5) is 0 Å². The standard InChI is InChI=1S/C24H40N2O5.C23H37N2O5.C22H35N2O5.3BrH/c1-17-8-9-20-18(2)21(27-15-7-5-6-12-26-14-13-25(4)16-26)28-22-24(20)19(17)10-11-23(3,29-22)30-31-24;1-16-7-8-19-17(2)20(26-14-6-5-11-25-13-12-24(4)15-25)27-21-23(19)18(16)9-10-22(3,28-21)29-30-23;1-15-6-7-18-16(2)19(25-13-5-10-24-12-11-23(4)14-24)26-20-22(18)17(15)8-9-21(3,27-20)28-29-22;;;/h13-14,17-22H,5-12,15-16H2,1-4H3;12-13,15-21H,5-11,14H2,1-4H3;11-12,14-20H,5-10,13H2,1-4H3;3*1H/q;2*+1;;;/p-3/t17-,18-,19+,20+,21+,22-,23-,24-;16-,17-,18+,19+,20+,21-,22-,23-;15-,16-,17+,18+,19+,20-,21-,22-;;;/m111.../s1. The number of imidazole rings is 2. The fourth-order valence-corrected chi connectivity index (χ4v) is 19.0. The number of nitrogens with zero attached hydrogens (tertiary/aromatic N) is 6. The molecule has 6 bridgehead atoms. The minimum absolute atomic E-state index is 0. The molecule has 3 saturated carbocycles. The minimum atomic E-state index is -0.730. The van der Waals surface area contributed by atoms with Gasteiger partial charge >= 0.3 is 0 Å². The molecule has 530 valence electrons. The van der Waals surface area contributed by atoms with Crippen LogP contribution in [0.5, 0.6) is 0 Å². The van der Waals surface area contributed by atoms with Gasteiger partial charge < -0.3 is 103 Å². The zero-order chi connectivity index (χ0) is 62.8. The van der Waals surface area contributed by atoms with E-state index in [1.54, 1.807) is 0 Å². The second-order valence-corrected chi connectivity index (χ2v) is 30.7. The van der Waals surface area contributed by atoms with Crippen molar-refractivity contribution >= 4 is 0 Å². The molecule has 2 aromatic rings. The van der Waals surface area contributed by atoms with Gasteiger partial charge in [0.2, 0.25) is 30.0 Å². The topological polar surface area (TPSA) is 163 Å². The highest BCUT2D eigenvalue weighted by Crippen LogP contribution is 2.64. The number of hydrogen-bond donors (Lipinski definition) is 0. The number of rotatable bonds is 18. The summed E-state index contributed by atoms with van der Waals surface area (Å²) in [6.45, 7) is 25.8. The number of halogens is 3. The van der Waals surface area contributed by atoms with Crippen LogP contribution in [0.25, 0.3) is 0 Å². The van der Waals surface area contributed by atoms with Crippen LogP contribution in [0.2, 0.25) is 0 Å². The fraction of sp³-hybridized carbons (Fsp3) is 0.884. The van der Waals surface area contributed by atoms with Crippen molar-refractivity contribution in [3.05, 3.63) is 49.8 Å². The van der Waals surface area contributed by atoms with E-state index in [1.165, 1.54) is 25.7 Å². The Bertz CT molecular complexity index is 2760. The molecule has 0 radical (unpaired) electrons. The molecular weight excluding hydrogens is 1390 g/mol. The quantitative estimate of drug-likeness (QED) is 0.119. The zero-order valence-corrected chi connectivity index (χ0v) is 62.4. The molecule has 0 N–H and O–H groups in total. The van der Waals surface area contributed by atoms with E-state index in [9.17, 15) is 0 Å². The van der Waals surface area contributed by atoms with Crippen LogP contribution in [-0.2, 0) is 99.1 Å². The predicted octanol–water partition coefficient (Wildman–Crippen LogP) is 1.31. The molecule has 16 aliphatic rings. The molecule has 2 aromatic heterocycles. The molecule has 21 nitrogen and oxygen atoms in total. The van der Waals surface area contributed by atoms with Gasteiger partial charge in [-0.2, -0.15) is 0 Å². The summed E-state index contributed by atoms with van der Waals surface area (Å²) in [5.74, 6) is 2.49. The SMILES string of the molecule is C[C@H]1[C@@H](OCCCCCN2C=CN(C)C2)O[C@@H]2O[C@@]3(C)CC[C@H]4[C@H](C)CC[C@@H]1[C@@]24OO3.C[C@H]1[C@@H](OCCCCn2cc[n+](C)c2)O[C@@H]2O[C@@]3(C)CC[C@H]4[C@H](C)CC[C@@H]1[C@@]24OO3.C[C@H]1[C@@H](OCCCn2cc[n+](C)c2)O[C@@H]2O[C@@]3(C)CC[C@H]4[C@H](C)CC[C@@H]1[C@@]24OO3.[Br-].[Br-].[Br-]. The molecule has 93 heavy (non-hydrogen) atoms. The average Bonchev–Trinajstić information content (AvgIpc) is 1.70. The molecule has 3 aliphatic carbocycles. The third kappa shape index (κ3) is 14.6. The summed E-state index contributed by atoms with van der Waals surface area (Å²) in [6, 6.07) is 0. The van der Waals surface area contributed by atoms with Gasteiger partial charge in [0, 0.05) is 100 Å². The van der Waals surface area contributed by atoms with Gasteiger partial charge in [-0.05, 0) is 146 Å². The van der Waals surface area contributed by atoms with E-state index in [-0.39, 0.29) is 87.6 Å². The maximum Gasteiger partial charge on any atom is 0.243 e. The van der Waals surface area contributed by atoms with Gasteiger partial charge in [0.25, 0.3) is 0 Å². The highest BCUT2D eigenvalue weighted by molar-refractivity contribution is 5.12. The maximum absolute atomic E-state index is 6.48. The van der Waals surface area contributed by atoms with Crippen LogP contribution in [0.15, 0.2) is 49.8 Å². The van der Waals surface area contributed by atoms with Crippen LogP contribution in [0, 0.1) is 71.0 Å². The van der Waals surface area contributed by atoms with Crippen molar-refractivity contribution in [2.24, 2.45) is 85.1 Å². The van der Waals surface area contributed by atoms with E-state index in [0.717, 1.165) is 123 Å². The van der Waals surface area contributed by atoms with Crippen LogP contribution in [0.1, 0.15) is 178 Å². The van der Waals surface area contributed by atoms with Gasteiger partial charge in [0.15, 0.2) is 54.5 Å². The zero-order valence-electron chi connectivity index (χ0n) is 57.6. The predicted molar refractivity (Wildman–Crippen MR) is 326 cm³/mol. The number of aryl methyl sites for hydroxylation is 4. The summed E-state index contributed by atoms with van der Waals surface area (Å²) in [4.78, 5) is 40.8. The largest absolute Gasteiger partial charge is 1.00 e. The Balaban J connectivity index is 0.000000150. The molecule has 18 rings (SSSR count). The first-order valence-electron chi connectivity index (χ1n) is 35.3. The highest BCUT2D eigenvalue weighted by Gasteiger charge is 2.73. The lowest BCUT2D eigenvalue weighted by Crippen LogP contribution is -3.00. The third-order valence-electron chi connectivity index (χ3n) is 24.2. The van der Waals surface area contributed by atoms with Crippen molar-refractivity contribution in [2.75, 3.05) is 40.1 Å². The van der Waals surface area contributed by atoms with E-state index in [2.05, 4.69) is 116 Å². The first-order chi connectivity index (χ1) is 43.2. The van der Waals surface area contributed by atoms with Crippen molar-refractivity contribution < 1.29 is 132 Å². The second-order valence-electron chi connectivity index (χ2n) is 30.7. The van der Waals surface area contributed by atoms with Crippen LogP contribution >= 0.6 is 0 Å². The number of aromatic nitrogens is 4. The molecule has 24 heteroatoms. The van der Waals surface area contributed by atoms with E-state index < -0.39 is 53.0 Å². The molecule has 3 spiro atoms.